The van der Waals surface area contributed by atoms with E-state index in [0.717, 1.165) is 26.2 Å². The van der Waals surface area contributed by atoms with Gasteiger partial charge in [0, 0.05) is 25.6 Å². The summed E-state index contributed by atoms with van der Waals surface area (Å²) >= 11 is 0. The summed E-state index contributed by atoms with van der Waals surface area (Å²) in [5.41, 5.74) is 2.56. The molecule has 0 unspecified atom stereocenters. The number of benzene rings is 2. The first-order chi connectivity index (χ1) is 15.1. The van der Waals surface area contributed by atoms with Crippen molar-refractivity contribution in [2.75, 3.05) is 13.2 Å². The lowest BCUT2D eigenvalue weighted by Crippen LogP contribution is -2.62. The van der Waals surface area contributed by atoms with E-state index < -0.39 is 5.79 Å². The van der Waals surface area contributed by atoms with Gasteiger partial charge in [0.05, 0.1) is 24.8 Å². The van der Waals surface area contributed by atoms with Gasteiger partial charge in [0.15, 0.2) is 12.1 Å². The van der Waals surface area contributed by atoms with Crippen molar-refractivity contribution in [3.63, 3.8) is 0 Å². The van der Waals surface area contributed by atoms with Gasteiger partial charge in [-0.15, -0.1) is 0 Å². The lowest BCUT2D eigenvalue weighted by atomic mass is 9.84. The average molecular weight is 423 g/mol. The molecule has 4 saturated heterocycles. The van der Waals surface area contributed by atoms with E-state index in [-0.39, 0.29) is 30.6 Å². The van der Waals surface area contributed by atoms with Gasteiger partial charge in [-0.25, -0.2) is 0 Å². The molecule has 6 nitrogen and oxygen atoms in total. The molecule has 0 radical (unpaired) electrons. The summed E-state index contributed by atoms with van der Waals surface area (Å²) in [5.74, 6) is -0.230. The number of hydrogen-bond donors (Lipinski definition) is 0. The second kappa shape index (κ2) is 7.66. The van der Waals surface area contributed by atoms with Crippen molar-refractivity contribution in [2.45, 2.75) is 63.3 Å². The van der Waals surface area contributed by atoms with Crippen LogP contribution in [0.5, 0.6) is 0 Å². The predicted octanol–water partition coefficient (Wildman–Crippen LogP) is 3.18. The van der Waals surface area contributed by atoms with Crippen molar-refractivity contribution >= 4 is 0 Å². The first kappa shape index (κ1) is 19.9. The van der Waals surface area contributed by atoms with Crippen LogP contribution in [0.15, 0.2) is 60.7 Å². The molecule has 0 N–H and O–H groups in total. The Bertz CT molecular complexity index is 908. The predicted molar refractivity (Wildman–Crippen MR) is 115 cm³/mol. The Kier molecular flexibility index (Phi) is 4.90. The monoisotopic (exact) mass is 422 g/mol. The van der Waals surface area contributed by atoms with Crippen LogP contribution in [-0.2, 0) is 32.1 Å². The zero-order valence-corrected chi connectivity index (χ0v) is 18.1. The number of hydroxylamine groups is 2. The smallest absolute Gasteiger partial charge is 0.189 e. The van der Waals surface area contributed by atoms with Gasteiger partial charge in [-0.1, -0.05) is 60.7 Å². The molecule has 164 valence electrons. The number of fused-ring (bicyclic) bond motifs is 5. The number of hydrogen-bond acceptors (Lipinski definition) is 6. The van der Waals surface area contributed by atoms with E-state index in [4.69, 9.17) is 19.0 Å². The summed E-state index contributed by atoms with van der Waals surface area (Å²) in [4.78, 5) is 8.75. The molecule has 6 rings (SSSR count). The van der Waals surface area contributed by atoms with Gasteiger partial charge in [0.1, 0.15) is 6.10 Å². The zero-order valence-electron chi connectivity index (χ0n) is 18.1. The minimum absolute atomic E-state index is 0.0141. The van der Waals surface area contributed by atoms with Gasteiger partial charge in [-0.3, -0.25) is 9.74 Å². The normalized spacial score (nSPS) is 36.8. The first-order valence-electron chi connectivity index (χ1n) is 11.3. The van der Waals surface area contributed by atoms with E-state index in [1.54, 1.807) is 0 Å². The van der Waals surface area contributed by atoms with Crippen LogP contribution < -0.4 is 0 Å². The lowest BCUT2D eigenvalue weighted by molar-refractivity contribution is -0.236. The Morgan fingerprint density at radius 2 is 1.52 bits per heavy atom. The molecule has 0 spiro atoms. The summed E-state index contributed by atoms with van der Waals surface area (Å²) in [6, 6.07) is 21.5. The highest BCUT2D eigenvalue weighted by atomic mass is 16.8. The van der Waals surface area contributed by atoms with Gasteiger partial charge >= 0.3 is 0 Å². The molecule has 31 heavy (non-hydrogen) atoms. The number of likely N-dealkylation sites (tertiary alicyclic amines) is 1. The minimum Gasteiger partial charge on any atom is -0.343 e. The van der Waals surface area contributed by atoms with Crippen molar-refractivity contribution in [3.05, 3.63) is 71.8 Å². The van der Waals surface area contributed by atoms with Gasteiger partial charge in [0.2, 0.25) is 0 Å². The van der Waals surface area contributed by atoms with Gasteiger partial charge < -0.3 is 14.2 Å². The van der Waals surface area contributed by atoms with E-state index >= 15 is 0 Å². The molecule has 0 bridgehead atoms. The second-order valence-corrected chi connectivity index (χ2v) is 9.58. The summed E-state index contributed by atoms with van der Waals surface area (Å²) < 4.78 is 19.1. The van der Waals surface area contributed by atoms with Crippen LogP contribution in [0.25, 0.3) is 0 Å². The number of ether oxygens (including phenoxy) is 3. The van der Waals surface area contributed by atoms with Crippen LogP contribution in [0.2, 0.25) is 0 Å². The SMILES string of the molecule is CC1(C)O[C@H]2O[C@H]3[C@H]([C@H]2O1)N(Cc1ccccc1)C[C@@H]1CON(Cc2ccccc2)[C@@H]13. The summed E-state index contributed by atoms with van der Waals surface area (Å²) in [5, 5.41) is 2.14. The van der Waals surface area contributed by atoms with Crippen LogP contribution in [0.1, 0.15) is 25.0 Å². The third-order valence-electron chi connectivity index (χ3n) is 6.96. The molecule has 0 aliphatic carbocycles. The molecular weight excluding hydrogens is 392 g/mol. The summed E-state index contributed by atoms with van der Waals surface area (Å²) in [7, 11) is 0. The molecule has 2 aromatic carbocycles. The molecule has 0 amide bonds. The Hall–Kier alpha value is -1.80. The zero-order chi connectivity index (χ0) is 21.0. The van der Waals surface area contributed by atoms with Gasteiger partial charge in [0.25, 0.3) is 0 Å². The third kappa shape index (κ3) is 3.61. The summed E-state index contributed by atoms with van der Waals surface area (Å²) in [6.45, 7) is 7.25. The fourth-order valence-corrected chi connectivity index (χ4v) is 5.74. The minimum atomic E-state index is -0.620. The van der Waals surface area contributed by atoms with Crippen LogP contribution in [0.4, 0.5) is 0 Å². The highest BCUT2D eigenvalue weighted by Gasteiger charge is 2.63. The highest BCUT2D eigenvalue weighted by Crippen LogP contribution is 2.46. The van der Waals surface area contributed by atoms with Gasteiger partial charge in [-0.2, -0.15) is 5.06 Å². The second-order valence-electron chi connectivity index (χ2n) is 9.58. The van der Waals surface area contributed by atoms with Crippen molar-refractivity contribution in [1.29, 1.82) is 0 Å². The van der Waals surface area contributed by atoms with Crippen LogP contribution in [-0.4, -0.2) is 59.5 Å². The van der Waals surface area contributed by atoms with E-state index in [9.17, 15) is 0 Å². The Morgan fingerprint density at radius 1 is 0.839 bits per heavy atom. The van der Waals surface area contributed by atoms with Crippen molar-refractivity contribution in [1.82, 2.24) is 9.96 Å². The molecule has 4 fully saturated rings. The van der Waals surface area contributed by atoms with Crippen molar-refractivity contribution in [3.8, 4) is 0 Å². The van der Waals surface area contributed by atoms with E-state index in [0.29, 0.717) is 5.92 Å². The maximum Gasteiger partial charge on any atom is 0.189 e. The standard InChI is InChI=1S/C25H30N2O4/c1-25(2)30-23-21-22(29-24(23)31-25)20-19(15-26(21)13-17-9-5-3-6-10-17)16-28-27(20)14-18-11-7-4-8-12-18/h3-12,19-24H,13-16H2,1-2H3/t19-,20+,21-,22-,23-,24-/m1/s1. The van der Waals surface area contributed by atoms with Crippen LogP contribution in [0, 0.1) is 5.92 Å². The molecule has 4 aliphatic rings. The highest BCUT2D eigenvalue weighted by molar-refractivity contribution is 5.18. The molecule has 0 saturated carbocycles. The fraction of sp³-hybridized carbons (Fsp3) is 0.520. The van der Waals surface area contributed by atoms with Gasteiger partial charge in [-0.05, 0) is 25.0 Å². The molecule has 4 aliphatic heterocycles. The number of nitrogens with zero attached hydrogens (tertiary/aromatic N) is 2. The van der Waals surface area contributed by atoms with Crippen LogP contribution in [0.3, 0.4) is 0 Å². The van der Waals surface area contributed by atoms with E-state index in [1.165, 1.54) is 11.1 Å². The lowest BCUT2D eigenvalue weighted by Gasteiger charge is -2.45. The summed E-state index contributed by atoms with van der Waals surface area (Å²) in [6.07, 6.45) is -0.440. The Labute approximate surface area is 183 Å². The fourth-order valence-electron chi connectivity index (χ4n) is 5.74. The van der Waals surface area contributed by atoms with Crippen molar-refractivity contribution < 1.29 is 19.0 Å². The largest absolute Gasteiger partial charge is 0.343 e. The average Bonchev–Trinajstić information content (AvgIpc) is 3.39. The molecule has 4 heterocycles. The molecule has 6 atom stereocenters. The number of piperidine rings is 1. The quantitative estimate of drug-likeness (QED) is 0.754. The van der Waals surface area contributed by atoms with Crippen LogP contribution >= 0.6 is 0 Å². The topological polar surface area (TPSA) is 43.4 Å². The van der Waals surface area contributed by atoms with E-state index in [2.05, 4.69) is 64.6 Å². The van der Waals surface area contributed by atoms with Crippen molar-refractivity contribution in [2.24, 2.45) is 5.92 Å². The first-order valence-corrected chi connectivity index (χ1v) is 11.3. The Balaban J connectivity index is 1.29. The molecular formula is C25H30N2O4. The number of rotatable bonds is 4. The maximum atomic E-state index is 6.56. The molecule has 0 aromatic heterocycles. The maximum absolute atomic E-state index is 6.56. The Morgan fingerprint density at radius 3 is 2.23 bits per heavy atom. The molecule has 6 heteroatoms. The third-order valence-corrected chi connectivity index (χ3v) is 6.96. The van der Waals surface area contributed by atoms with E-state index in [1.807, 2.05) is 19.9 Å². The molecule has 2 aromatic rings.